The number of rotatable bonds is 6. The Balaban J connectivity index is 2.12. The summed E-state index contributed by atoms with van der Waals surface area (Å²) in [6.07, 6.45) is 0.0479. The Hall–Kier alpha value is -0.910. The summed E-state index contributed by atoms with van der Waals surface area (Å²) in [4.78, 5) is 19.1. The number of nitrogens with zero attached hydrogens (tertiary/aromatic N) is 2. The molecule has 1 aromatic rings. The van der Waals surface area contributed by atoms with Crippen LogP contribution in [0.25, 0.3) is 0 Å². The molecule has 1 amide bonds. The number of nitrogens with one attached hydrogen (secondary N) is 1. The minimum Gasteiger partial charge on any atom is -0.317 e. The first-order chi connectivity index (χ1) is 9.56. The van der Waals surface area contributed by atoms with Crippen molar-refractivity contribution in [2.75, 3.05) is 26.2 Å². The predicted molar refractivity (Wildman–Crippen MR) is 83.9 cm³/mol. The Bertz CT molecular complexity index is 456. The topological polar surface area (TPSA) is 35.6 Å². The Morgan fingerprint density at radius 1 is 1.45 bits per heavy atom. The molecule has 112 valence electrons. The minimum atomic E-state index is 0.0479. The van der Waals surface area contributed by atoms with Crippen molar-refractivity contribution in [3.05, 3.63) is 21.9 Å². The molecule has 1 aliphatic heterocycles. The van der Waals surface area contributed by atoms with E-state index in [1.54, 1.807) is 11.3 Å². The highest BCUT2D eigenvalue weighted by Crippen LogP contribution is 2.30. The lowest BCUT2D eigenvalue weighted by Crippen LogP contribution is -2.44. The molecule has 4 nitrogen and oxygen atoms in total. The van der Waals surface area contributed by atoms with E-state index in [1.807, 2.05) is 4.90 Å². The van der Waals surface area contributed by atoms with Gasteiger partial charge in [-0.25, -0.2) is 0 Å². The molecular weight excluding hydrogens is 270 g/mol. The Morgan fingerprint density at radius 2 is 2.15 bits per heavy atom. The molecule has 0 bridgehead atoms. The molecule has 0 radical (unpaired) electrons. The van der Waals surface area contributed by atoms with Gasteiger partial charge in [-0.2, -0.15) is 0 Å². The summed E-state index contributed by atoms with van der Waals surface area (Å²) in [6, 6.07) is 4.48. The Morgan fingerprint density at radius 3 is 2.70 bits per heavy atom. The van der Waals surface area contributed by atoms with Gasteiger partial charge in [0.15, 0.2) is 0 Å². The summed E-state index contributed by atoms with van der Waals surface area (Å²) in [7, 11) is 0. The van der Waals surface area contributed by atoms with E-state index >= 15 is 0 Å². The van der Waals surface area contributed by atoms with Crippen molar-refractivity contribution < 1.29 is 4.79 Å². The lowest BCUT2D eigenvalue weighted by atomic mass is 10.2. The van der Waals surface area contributed by atoms with Crippen LogP contribution in [0, 0.1) is 6.92 Å². The highest BCUT2D eigenvalue weighted by Gasteiger charge is 2.35. The maximum atomic E-state index is 12.2. The van der Waals surface area contributed by atoms with Crippen molar-refractivity contribution in [1.82, 2.24) is 15.1 Å². The van der Waals surface area contributed by atoms with Gasteiger partial charge in [-0.05, 0) is 39.1 Å². The molecule has 0 aromatic carbocycles. The second-order valence-corrected chi connectivity index (χ2v) is 6.69. The Labute approximate surface area is 125 Å². The highest BCUT2D eigenvalue weighted by molar-refractivity contribution is 7.12. The quantitative estimate of drug-likeness (QED) is 0.874. The molecule has 1 N–H and O–H groups in total. The van der Waals surface area contributed by atoms with E-state index < -0.39 is 0 Å². The van der Waals surface area contributed by atoms with Crippen LogP contribution in [0.2, 0.25) is 0 Å². The first kappa shape index (κ1) is 15.5. The summed E-state index contributed by atoms with van der Waals surface area (Å²) in [6.45, 7) is 12.0. The molecule has 2 rings (SSSR count). The summed E-state index contributed by atoms with van der Waals surface area (Å²) >= 11 is 1.77. The van der Waals surface area contributed by atoms with Crippen LogP contribution in [0.3, 0.4) is 0 Å². The average Bonchev–Trinajstić information content (AvgIpc) is 3.01. The maximum Gasteiger partial charge on any atom is 0.238 e. The third-order valence-electron chi connectivity index (χ3n) is 3.94. The second kappa shape index (κ2) is 6.70. The number of hydrogen-bond donors (Lipinski definition) is 1. The SMILES string of the molecule is CCN(CC)CC(C)N1C(=O)CNC1c1ccc(C)s1. The zero-order valence-electron chi connectivity index (χ0n) is 12.8. The van der Waals surface area contributed by atoms with Gasteiger partial charge in [0.2, 0.25) is 5.91 Å². The van der Waals surface area contributed by atoms with E-state index in [-0.39, 0.29) is 18.1 Å². The lowest BCUT2D eigenvalue weighted by Gasteiger charge is -2.33. The molecule has 1 aliphatic rings. The summed E-state index contributed by atoms with van der Waals surface area (Å²) in [5.74, 6) is 0.209. The van der Waals surface area contributed by atoms with Gasteiger partial charge in [0, 0.05) is 22.3 Å². The van der Waals surface area contributed by atoms with Gasteiger partial charge in [-0.15, -0.1) is 11.3 Å². The molecule has 0 spiro atoms. The van der Waals surface area contributed by atoms with Crippen LogP contribution in [0.1, 0.15) is 36.7 Å². The van der Waals surface area contributed by atoms with E-state index in [0.29, 0.717) is 6.54 Å². The predicted octanol–water partition coefficient (Wildman–Crippen LogP) is 2.22. The smallest absolute Gasteiger partial charge is 0.238 e. The van der Waals surface area contributed by atoms with Gasteiger partial charge in [0.1, 0.15) is 6.17 Å². The molecule has 1 aromatic heterocycles. The number of hydrogen-bond acceptors (Lipinski definition) is 4. The van der Waals surface area contributed by atoms with Crippen LogP contribution < -0.4 is 5.32 Å². The van der Waals surface area contributed by atoms with Crippen LogP contribution >= 0.6 is 11.3 Å². The average molecular weight is 295 g/mol. The van der Waals surface area contributed by atoms with Crippen molar-refractivity contribution in [2.24, 2.45) is 0 Å². The zero-order chi connectivity index (χ0) is 14.7. The van der Waals surface area contributed by atoms with Crippen LogP contribution in [-0.4, -0.2) is 47.9 Å². The number of thiophene rings is 1. The van der Waals surface area contributed by atoms with Crippen molar-refractivity contribution in [3.63, 3.8) is 0 Å². The van der Waals surface area contributed by atoms with Crippen molar-refractivity contribution in [1.29, 1.82) is 0 Å². The van der Waals surface area contributed by atoms with Crippen molar-refractivity contribution >= 4 is 17.2 Å². The zero-order valence-corrected chi connectivity index (χ0v) is 13.7. The molecular formula is C15H25N3OS. The van der Waals surface area contributed by atoms with E-state index in [9.17, 15) is 4.79 Å². The molecule has 0 saturated carbocycles. The van der Waals surface area contributed by atoms with Gasteiger partial charge in [0.05, 0.1) is 6.54 Å². The molecule has 0 aliphatic carbocycles. The van der Waals surface area contributed by atoms with E-state index in [4.69, 9.17) is 0 Å². The number of aryl methyl sites for hydroxylation is 1. The number of likely N-dealkylation sites (N-methyl/N-ethyl adjacent to an activating group) is 1. The fourth-order valence-corrected chi connectivity index (χ4v) is 3.75. The summed E-state index contributed by atoms with van der Waals surface area (Å²) in [5.41, 5.74) is 0. The van der Waals surface area contributed by atoms with Crippen LogP contribution in [0.5, 0.6) is 0 Å². The van der Waals surface area contributed by atoms with E-state index in [2.05, 4.69) is 50.0 Å². The molecule has 2 heterocycles. The summed E-state index contributed by atoms with van der Waals surface area (Å²) < 4.78 is 0. The fourth-order valence-electron chi connectivity index (χ4n) is 2.80. The summed E-state index contributed by atoms with van der Waals surface area (Å²) in [5, 5.41) is 3.34. The molecule has 2 unspecified atom stereocenters. The molecule has 1 fully saturated rings. The van der Waals surface area contributed by atoms with Gasteiger partial charge in [-0.3, -0.25) is 10.1 Å². The normalized spacial score (nSPS) is 20.9. The largest absolute Gasteiger partial charge is 0.317 e. The van der Waals surface area contributed by atoms with Crippen LogP contribution in [0.4, 0.5) is 0 Å². The standard InChI is InChI=1S/C15H25N3OS/c1-5-17(6-2)10-11(3)18-14(19)9-16-15(18)13-8-7-12(4)20-13/h7-8,11,15-16H,5-6,9-10H2,1-4H3. The third-order valence-corrected chi connectivity index (χ3v) is 4.99. The van der Waals surface area contributed by atoms with E-state index in [0.717, 1.165) is 19.6 Å². The van der Waals surface area contributed by atoms with Crippen molar-refractivity contribution in [3.8, 4) is 0 Å². The van der Waals surface area contributed by atoms with Gasteiger partial charge in [-0.1, -0.05) is 13.8 Å². The van der Waals surface area contributed by atoms with Crippen LogP contribution in [-0.2, 0) is 4.79 Å². The van der Waals surface area contributed by atoms with Gasteiger partial charge < -0.3 is 9.80 Å². The molecule has 1 saturated heterocycles. The molecule has 2 atom stereocenters. The van der Waals surface area contributed by atoms with Gasteiger partial charge >= 0.3 is 0 Å². The second-order valence-electron chi connectivity index (χ2n) is 5.37. The Kier molecular flexibility index (Phi) is 5.18. The van der Waals surface area contributed by atoms with E-state index in [1.165, 1.54) is 9.75 Å². The first-order valence-corrected chi connectivity index (χ1v) is 8.21. The number of carbonyl (C=O) groups excluding carboxylic acids is 1. The lowest BCUT2D eigenvalue weighted by molar-refractivity contribution is -0.130. The molecule has 20 heavy (non-hydrogen) atoms. The maximum absolute atomic E-state index is 12.2. The fraction of sp³-hybridized carbons (Fsp3) is 0.667. The monoisotopic (exact) mass is 295 g/mol. The third kappa shape index (κ3) is 3.22. The van der Waals surface area contributed by atoms with Crippen molar-refractivity contribution in [2.45, 2.75) is 39.9 Å². The minimum absolute atomic E-state index is 0.0479. The highest BCUT2D eigenvalue weighted by atomic mass is 32.1. The number of carbonyl (C=O) groups is 1. The number of amides is 1. The van der Waals surface area contributed by atoms with Gasteiger partial charge in [0.25, 0.3) is 0 Å². The van der Waals surface area contributed by atoms with Crippen LogP contribution in [0.15, 0.2) is 12.1 Å². The molecule has 5 heteroatoms. The first-order valence-electron chi connectivity index (χ1n) is 7.40.